The Labute approximate surface area is 185 Å². The normalized spacial score (nSPS) is 13.0. The van der Waals surface area contributed by atoms with Crippen LogP contribution in [0.5, 0.6) is 0 Å². The second kappa shape index (κ2) is 9.02. The third-order valence-corrected chi connectivity index (χ3v) is 5.24. The maximum absolute atomic E-state index is 12.8. The number of anilines is 2. The number of nitrogens with one attached hydrogen (secondary N) is 2. The lowest BCUT2D eigenvalue weighted by molar-refractivity contribution is 0.102. The Bertz CT molecular complexity index is 1140. The van der Waals surface area contributed by atoms with Crippen LogP contribution in [0.2, 0.25) is 5.02 Å². The maximum Gasteiger partial charge on any atom is 0.257 e. The van der Waals surface area contributed by atoms with Crippen LogP contribution in [0.1, 0.15) is 26.3 Å². The van der Waals surface area contributed by atoms with Gasteiger partial charge in [0.25, 0.3) is 11.8 Å². The lowest BCUT2D eigenvalue weighted by Gasteiger charge is -2.14. The molecule has 0 radical (unpaired) electrons. The highest BCUT2D eigenvalue weighted by Gasteiger charge is 2.17. The number of carbonyl (C=O) groups is 2. The number of para-hydroxylation sites is 1. The van der Waals surface area contributed by atoms with Gasteiger partial charge in [0.05, 0.1) is 17.8 Å². The van der Waals surface area contributed by atoms with Crippen LogP contribution >= 0.6 is 11.6 Å². The van der Waals surface area contributed by atoms with Crippen molar-refractivity contribution in [3.63, 3.8) is 0 Å². The van der Waals surface area contributed by atoms with Gasteiger partial charge in [0.1, 0.15) is 5.84 Å². The number of halogens is 1. The van der Waals surface area contributed by atoms with E-state index in [1.165, 1.54) is 0 Å². The molecule has 2 N–H and O–H groups in total. The quantitative estimate of drug-likeness (QED) is 0.621. The smallest absolute Gasteiger partial charge is 0.257 e. The third kappa shape index (κ3) is 4.75. The van der Waals surface area contributed by atoms with E-state index in [2.05, 4.69) is 20.5 Å². The molecule has 156 valence electrons. The van der Waals surface area contributed by atoms with Crippen molar-refractivity contribution in [2.75, 3.05) is 30.8 Å². The minimum Gasteiger partial charge on any atom is -0.358 e. The van der Waals surface area contributed by atoms with Gasteiger partial charge in [0.15, 0.2) is 0 Å². The molecular weight excluding hydrogens is 412 g/mol. The first kappa shape index (κ1) is 20.6. The summed E-state index contributed by atoms with van der Waals surface area (Å²) in [6.07, 6.45) is 0. The largest absolute Gasteiger partial charge is 0.358 e. The highest BCUT2D eigenvalue weighted by Crippen LogP contribution is 2.20. The minimum atomic E-state index is -0.323. The standard InChI is InChI=1S/C24H21ClN4O2/c1-29-15-14-26-22(29)16-6-8-17(9-7-16)23(30)28-21-5-3-2-4-20(21)24(31)27-19-12-10-18(25)11-13-19/h2-13H,14-15H2,1H3,(H,27,31)(H,28,30). The lowest BCUT2D eigenvalue weighted by Crippen LogP contribution is -2.23. The average molecular weight is 433 g/mol. The van der Waals surface area contributed by atoms with Gasteiger partial charge in [-0.2, -0.15) is 0 Å². The highest BCUT2D eigenvalue weighted by molar-refractivity contribution is 6.30. The zero-order valence-electron chi connectivity index (χ0n) is 16.9. The molecule has 6 nitrogen and oxygen atoms in total. The van der Waals surface area contributed by atoms with Crippen molar-refractivity contribution in [2.45, 2.75) is 0 Å². The fourth-order valence-electron chi connectivity index (χ4n) is 3.33. The van der Waals surface area contributed by atoms with Gasteiger partial charge in [-0.3, -0.25) is 14.6 Å². The second-order valence-electron chi connectivity index (χ2n) is 7.16. The van der Waals surface area contributed by atoms with E-state index >= 15 is 0 Å². The molecule has 1 aliphatic heterocycles. The van der Waals surface area contributed by atoms with E-state index in [0.29, 0.717) is 27.5 Å². The van der Waals surface area contributed by atoms with Crippen molar-refractivity contribution >= 4 is 40.6 Å². The maximum atomic E-state index is 12.8. The van der Waals surface area contributed by atoms with Crippen LogP contribution in [0, 0.1) is 0 Å². The predicted molar refractivity (Wildman–Crippen MR) is 124 cm³/mol. The molecule has 3 aromatic rings. The predicted octanol–water partition coefficient (Wildman–Crippen LogP) is 4.54. The third-order valence-electron chi connectivity index (χ3n) is 4.99. The summed E-state index contributed by atoms with van der Waals surface area (Å²) < 4.78 is 0. The molecule has 0 saturated carbocycles. The number of aliphatic imine (C=N–C) groups is 1. The average Bonchev–Trinajstić information content (AvgIpc) is 3.21. The van der Waals surface area contributed by atoms with Crippen LogP contribution in [0.3, 0.4) is 0 Å². The summed E-state index contributed by atoms with van der Waals surface area (Å²) >= 11 is 5.89. The van der Waals surface area contributed by atoms with E-state index in [4.69, 9.17) is 11.6 Å². The molecule has 3 aromatic carbocycles. The number of nitrogens with zero attached hydrogens (tertiary/aromatic N) is 2. The number of hydrogen-bond acceptors (Lipinski definition) is 4. The van der Waals surface area contributed by atoms with Gasteiger partial charge >= 0.3 is 0 Å². The van der Waals surface area contributed by atoms with Gasteiger partial charge in [-0.25, -0.2) is 0 Å². The first-order valence-electron chi connectivity index (χ1n) is 9.84. The first-order chi connectivity index (χ1) is 15.0. The molecule has 0 fully saturated rings. The van der Waals surface area contributed by atoms with E-state index in [0.717, 1.165) is 24.5 Å². The number of rotatable bonds is 5. The Kier molecular flexibility index (Phi) is 6.00. The molecule has 1 aliphatic rings. The van der Waals surface area contributed by atoms with E-state index in [1.807, 2.05) is 19.2 Å². The Morgan fingerprint density at radius 1 is 0.903 bits per heavy atom. The van der Waals surface area contributed by atoms with Crippen LogP contribution < -0.4 is 10.6 Å². The van der Waals surface area contributed by atoms with Crippen molar-refractivity contribution in [3.8, 4) is 0 Å². The van der Waals surface area contributed by atoms with Crippen molar-refractivity contribution in [3.05, 3.63) is 94.5 Å². The summed E-state index contributed by atoms with van der Waals surface area (Å²) in [6, 6.07) is 21.0. The molecule has 0 unspecified atom stereocenters. The zero-order valence-corrected chi connectivity index (χ0v) is 17.7. The molecule has 7 heteroatoms. The lowest BCUT2D eigenvalue weighted by atomic mass is 10.1. The van der Waals surface area contributed by atoms with Gasteiger partial charge in [-0.05, 0) is 48.5 Å². The summed E-state index contributed by atoms with van der Waals surface area (Å²) in [5.41, 5.74) is 2.88. The van der Waals surface area contributed by atoms with Crippen molar-refractivity contribution in [2.24, 2.45) is 4.99 Å². The summed E-state index contributed by atoms with van der Waals surface area (Å²) in [5.74, 6) is 0.312. The molecule has 0 bridgehead atoms. The molecular formula is C24H21ClN4O2. The van der Waals surface area contributed by atoms with Crippen molar-refractivity contribution < 1.29 is 9.59 Å². The second-order valence-corrected chi connectivity index (χ2v) is 7.60. The van der Waals surface area contributed by atoms with Crippen molar-refractivity contribution in [1.29, 1.82) is 0 Å². The molecule has 0 spiro atoms. The topological polar surface area (TPSA) is 73.8 Å². The van der Waals surface area contributed by atoms with Gasteiger partial charge in [-0.15, -0.1) is 0 Å². The van der Waals surface area contributed by atoms with Crippen LogP contribution in [-0.4, -0.2) is 42.7 Å². The Balaban J connectivity index is 1.48. The van der Waals surface area contributed by atoms with E-state index in [9.17, 15) is 9.59 Å². The summed E-state index contributed by atoms with van der Waals surface area (Å²) in [5, 5.41) is 6.24. The summed E-state index contributed by atoms with van der Waals surface area (Å²) in [7, 11) is 2.00. The first-order valence-corrected chi connectivity index (χ1v) is 10.2. The van der Waals surface area contributed by atoms with Crippen LogP contribution in [-0.2, 0) is 0 Å². The molecule has 2 amide bonds. The number of carbonyl (C=O) groups excluding carboxylic acids is 2. The number of amides is 2. The van der Waals surface area contributed by atoms with E-state index in [-0.39, 0.29) is 11.8 Å². The number of amidine groups is 1. The Morgan fingerprint density at radius 2 is 1.61 bits per heavy atom. The summed E-state index contributed by atoms with van der Waals surface area (Å²) in [4.78, 5) is 32.1. The Morgan fingerprint density at radius 3 is 2.29 bits per heavy atom. The molecule has 0 aromatic heterocycles. The summed E-state index contributed by atoms with van der Waals surface area (Å²) in [6.45, 7) is 1.68. The molecule has 1 heterocycles. The molecule has 0 atom stereocenters. The van der Waals surface area contributed by atoms with Gasteiger partial charge in [0.2, 0.25) is 0 Å². The number of likely N-dealkylation sites (N-methyl/N-ethyl adjacent to an activating group) is 1. The SMILES string of the molecule is CN1CCN=C1c1ccc(C(=O)Nc2ccccc2C(=O)Nc2ccc(Cl)cc2)cc1. The van der Waals surface area contributed by atoms with Crippen LogP contribution in [0.4, 0.5) is 11.4 Å². The number of benzene rings is 3. The monoisotopic (exact) mass is 432 g/mol. The Hall–Kier alpha value is -3.64. The fraction of sp³-hybridized carbons (Fsp3) is 0.125. The zero-order chi connectivity index (χ0) is 21.8. The highest BCUT2D eigenvalue weighted by atomic mass is 35.5. The van der Waals surface area contributed by atoms with Crippen molar-refractivity contribution in [1.82, 2.24) is 4.90 Å². The van der Waals surface area contributed by atoms with E-state index < -0.39 is 0 Å². The van der Waals surface area contributed by atoms with Gasteiger partial charge in [0, 0.05) is 35.4 Å². The molecule has 0 saturated heterocycles. The van der Waals surface area contributed by atoms with Gasteiger partial charge in [-0.1, -0.05) is 35.9 Å². The molecule has 4 rings (SSSR count). The van der Waals surface area contributed by atoms with Crippen LogP contribution in [0.15, 0.2) is 77.8 Å². The minimum absolute atomic E-state index is 0.292. The van der Waals surface area contributed by atoms with E-state index in [1.54, 1.807) is 60.7 Å². The fourth-order valence-corrected chi connectivity index (χ4v) is 3.46. The van der Waals surface area contributed by atoms with Crippen LogP contribution in [0.25, 0.3) is 0 Å². The van der Waals surface area contributed by atoms with Gasteiger partial charge < -0.3 is 15.5 Å². The number of hydrogen-bond donors (Lipinski definition) is 2. The molecule has 31 heavy (non-hydrogen) atoms. The molecule has 0 aliphatic carbocycles.